The molecule has 1 amide bonds. The van der Waals surface area contributed by atoms with Crippen molar-refractivity contribution in [1.29, 1.82) is 5.26 Å². The second kappa shape index (κ2) is 7.66. The van der Waals surface area contributed by atoms with Crippen LogP contribution in [0.1, 0.15) is 15.9 Å². The minimum atomic E-state index is -1.12. The Kier molecular flexibility index (Phi) is 5.38. The van der Waals surface area contributed by atoms with Gasteiger partial charge >= 0.3 is 5.97 Å². The van der Waals surface area contributed by atoms with Crippen LogP contribution < -0.4 is 10.1 Å². The molecule has 0 aromatic heterocycles. The van der Waals surface area contributed by atoms with E-state index in [4.69, 9.17) is 9.84 Å². The van der Waals surface area contributed by atoms with E-state index < -0.39 is 11.9 Å². The Morgan fingerprint density at radius 2 is 2.00 bits per heavy atom. The molecule has 0 radical (unpaired) electrons. The summed E-state index contributed by atoms with van der Waals surface area (Å²) in [7, 11) is 1.41. The maximum atomic E-state index is 12.2. The standard InChI is InChI=1S/C18H14N2O5/c1-25-16-6-5-11(8-15(16)21)7-13(10-19)17(22)20-14-4-2-3-12(9-14)18(23)24/h2-9,21H,1H3,(H,20,22)(H,23,24)/b13-7-. The highest BCUT2D eigenvalue weighted by Crippen LogP contribution is 2.27. The van der Waals surface area contributed by atoms with Crippen LogP contribution in [0.2, 0.25) is 0 Å². The van der Waals surface area contributed by atoms with Gasteiger partial charge in [-0.25, -0.2) is 4.79 Å². The number of carbonyl (C=O) groups excluding carboxylic acids is 1. The van der Waals surface area contributed by atoms with Gasteiger partial charge in [0, 0.05) is 5.69 Å². The molecular formula is C18H14N2O5. The quantitative estimate of drug-likeness (QED) is 0.569. The van der Waals surface area contributed by atoms with Gasteiger partial charge in [0.1, 0.15) is 11.6 Å². The third-order valence-corrected chi connectivity index (χ3v) is 3.25. The molecule has 7 heteroatoms. The predicted molar refractivity (Wildman–Crippen MR) is 90.3 cm³/mol. The first kappa shape index (κ1) is 17.6. The summed E-state index contributed by atoms with van der Waals surface area (Å²) in [6, 6.07) is 11.9. The zero-order valence-corrected chi connectivity index (χ0v) is 13.2. The summed E-state index contributed by atoms with van der Waals surface area (Å²) in [5, 5.41) is 30.3. The van der Waals surface area contributed by atoms with Crippen molar-refractivity contribution < 1.29 is 24.5 Å². The molecule has 0 saturated heterocycles. The van der Waals surface area contributed by atoms with Crippen molar-refractivity contribution in [3.05, 3.63) is 59.2 Å². The first-order valence-electron chi connectivity index (χ1n) is 7.08. The van der Waals surface area contributed by atoms with E-state index in [0.29, 0.717) is 5.56 Å². The number of nitrogens with zero attached hydrogens (tertiary/aromatic N) is 1. The second-order valence-corrected chi connectivity index (χ2v) is 4.94. The first-order valence-corrected chi connectivity index (χ1v) is 7.08. The monoisotopic (exact) mass is 338 g/mol. The van der Waals surface area contributed by atoms with Crippen molar-refractivity contribution in [1.82, 2.24) is 0 Å². The lowest BCUT2D eigenvalue weighted by Gasteiger charge is -2.06. The van der Waals surface area contributed by atoms with Crippen molar-refractivity contribution in [3.63, 3.8) is 0 Å². The van der Waals surface area contributed by atoms with Crippen molar-refractivity contribution in [2.24, 2.45) is 0 Å². The lowest BCUT2D eigenvalue weighted by Crippen LogP contribution is -2.13. The molecule has 0 atom stereocenters. The second-order valence-electron chi connectivity index (χ2n) is 4.94. The number of amides is 1. The number of hydrogen-bond acceptors (Lipinski definition) is 5. The summed E-state index contributed by atoms with van der Waals surface area (Å²) < 4.78 is 4.93. The number of aromatic carboxylic acids is 1. The fraction of sp³-hybridized carbons (Fsp3) is 0.0556. The van der Waals surface area contributed by atoms with E-state index in [1.54, 1.807) is 12.1 Å². The van der Waals surface area contributed by atoms with Crippen LogP contribution in [0.25, 0.3) is 6.08 Å². The number of methoxy groups -OCH3 is 1. The van der Waals surface area contributed by atoms with Crippen LogP contribution in [-0.2, 0) is 4.79 Å². The SMILES string of the molecule is COc1ccc(/C=C(/C#N)C(=O)Nc2cccc(C(=O)O)c2)cc1O. The molecule has 0 saturated carbocycles. The molecule has 0 aliphatic carbocycles. The van der Waals surface area contributed by atoms with Crippen LogP contribution in [0.4, 0.5) is 5.69 Å². The van der Waals surface area contributed by atoms with Crippen LogP contribution in [0, 0.1) is 11.3 Å². The molecule has 25 heavy (non-hydrogen) atoms. The van der Waals surface area contributed by atoms with Crippen molar-refractivity contribution in [2.45, 2.75) is 0 Å². The van der Waals surface area contributed by atoms with E-state index >= 15 is 0 Å². The van der Waals surface area contributed by atoms with E-state index in [-0.39, 0.29) is 28.3 Å². The normalized spacial score (nSPS) is 10.6. The van der Waals surface area contributed by atoms with Crippen LogP contribution in [0.3, 0.4) is 0 Å². The third kappa shape index (κ3) is 4.36. The van der Waals surface area contributed by atoms with E-state index in [1.807, 2.05) is 0 Å². The fourth-order valence-corrected chi connectivity index (χ4v) is 2.04. The van der Waals surface area contributed by atoms with Gasteiger partial charge in [0.25, 0.3) is 5.91 Å². The van der Waals surface area contributed by atoms with Crippen LogP contribution in [-0.4, -0.2) is 29.2 Å². The highest BCUT2D eigenvalue weighted by atomic mass is 16.5. The van der Waals surface area contributed by atoms with Gasteiger partial charge < -0.3 is 20.3 Å². The van der Waals surface area contributed by atoms with Gasteiger partial charge in [-0.1, -0.05) is 12.1 Å². The van der Waals surface area contributed by atoms with E-state index in [1.165, 1.54) is 49.6 Å². The number of rotatable bonds is 5. The minimum Gasteiger partial charge on any atom is -0.504 e. The molecule has 7 nitrogen and oxygen atoms in total. The Morgan fingerprint density at radius 3 is 2.60 bits per heavy atom. The summed E-state index contributed by atoms with van der Waals surface area (Å²) >= 11 is 0. The highest BCUT2D eigenvalue weighted by Gasteiger charge is 2.12. The fourth-order valence-electron chi connectivity index (χ4n) is 2.04. The average Bonchev–Trinajstić information content (AvgIpc) is 2.59. The van der Waals surface area contributed by atoms with Gasteiger partial charge in [-0.3, -0.25) is 4.79 Å². The molecule has 126 valence electrons. The number of carbonyl (C=O) groups is 2. The Morgan fingerprint density at radius 1 is 1.24 bits per heavy atom. The smallest absolute Gasteiger partial charge is 0.335 e. The minimum absolute atomic E-state index is 0.0142. The van der Waals surface area contributed by atoms with Gasteiger partial charge in [-0.15, -0.1) is 0 Å². The van der Waals surface area contributed by atoms with E-state index in [0.717, 1.165) is 0 Å². The van der Waals surface area contributed by atoms with Crippen LogP contribution in [0.15, 0.2) is 48.0 Å². The molecule has 0 unspecified atom stereocenters. The molecule has 2 aromatic rings. The zero-order chi connectivity index (χ0) is 18.4. The van der Waals surface area contributed by atoms with Crippen molar-refractivity contribution in [2.75, 3.05) is 12.4 Å². The largest absolute Gasteiger partial charge is 0.504 e. The van der Waals surface area contributed by atoms with Gasteiger partial charge in [-0.05, 0) is 42.0 Å². The number of phenolic OH excluding ortho intramolecular Hbond substituents is 1. The number of carboxylic acids is 1. The van der Waals surface area contributed by atoms with Gasteiger partial charge in [0.15, 0.2) is 11.5 Å². The molecule has 0 heterocycles. The van der Waals surface area contributed by atoms with E-state index in [2.05, 4.69) is 5.32 Å². The molecule has 0 fully saturated rings. The van der Waals surface area contributed by atoms with Gasteiger partial charge in [0.05, 0.1) is 12.7 Å². The lowest BCUT2D eigenvalue weighted by molar-refractivity contribution is -0.112. The summed E-state index contributed by atoms with van der Waals surface area (Å²) in [6.45, 7) is 0. The Balaban J connectivity index is 2.24. The number of nitriles is 1. The van der Waals surface area contributed by atoms with Crippen molar-refractivity contribution in [3.8, 4) is 17.6 Å². The molecule has 2 rings (SSSR count). The predicted octanol–water partition coefficient (Wildman–Crippen LogP) is 2.64. The van der Waals surface area contributed by atoms with Gasteiger partial charge in [0.2, 0.25) is 0 Å². The lowest BCUT2D eigenvalue weighted by atomic mass is 10.1. The Bertz CT molecular complexity index is 897. The number of ether oxygens (including phenoxy) is 1. The molecule has 0 aliphatic rings. The topological polar surface area (TPSA) is 120 Å². The molecule has 2 aromatic carbocycles. The molecule has 3 N–H and O–H groups in total. The van der Waals surface area contributed by atoms with Crippen LogP contribution in [0.5, 0.6) is 11.5 Å². The number of phenols is 1. The number of nitrogens with one attached hydrogen (secondary N) is 1. The van der Waals surface area contributed by atoms with E-state index in [9.17, 15) is 20.0 Å². The Hall–Kier alpha value is -3.79. The summed E-state index contributed by atoms with van der Waals surface area (Å²) in [6.07, 6.45) is 1.30. The number of anilines is 1. The highest BCUT2D eigenvalue weighted by molar-refractivity contribution is 6.10. The summed E-state index contributed by atoms with van der Waals surface area (Å²) in [4.78, 5) is 23.1. The number of carboxylic acid groups (broad SMARTS) is 1. The first-order chi connectivity index (χ1) is 11.9. The summed E-state index contributed by atoms with van der Waals surface area (Å²) in [5.74, 6) is -1.67. The molecule has 0 bridgehead atoms. The third-order valence-electron chi connectivity index (χ3n) is 3.25. The number of hydrogen-bond donors (Lipinski definition) is 3. The molecule has 0 spiro atoms. The maximum Gasteiger partial charge on any atom is 0.335 e. The van der Waals surface area contributed by atoms with Crippen LogP contribution >= 0.6 is 0 Å². The molecule has 0 aliphatic heterocycles. The average molecular weight is 338 g/mol. The van der Waals surface area contributed by atoms with Gasteiger partial charge in [-0.2, -0.15) is 5.26 Å². The zero-order valence-electron chi connectivity index (χ0n) is 13.2. The summed E-state index contributed by atoms with van der Waals surface area (Å²) in [5.41, 5.74) is 0.499. The number of benzene rings is 2. The Labute approximate surface area is 143 Å². The van der Waals surface area contributed by atoms with Crippen molar-refractivity contribution >= 4 is 23.6 Å². The number of aromatic hydroxyl groups is 1. The molecular weight excluding hydrogens is 324 g/mol. The maximum absolute atomic E-state index is 12.2.